The van der Waals surface area contributed by atoms with Crippen molar-refractivity contribution in [2.45, 2.75) is 19.9 Å². The summed E-state index contributed by atoms with van der Waals surface area (Å²) in [6.07, 6.45) is 1.15. The molecule has 1 aromatic rings. The Bertz CT molecular complexity index is 468. The maximum absolute atomic E-state index is 10.1. The molecule has 2 rings (SSSR count). The Hall–Kier alpha value is -0.0800. The number of morpholine rings is 1. The lowest BCUT2D eigenvalue weighted by atomic mass is 10.1. The molecule has 1 aliphatic rings. The van der Waals surface area contributed by atoms with E-state index in [2.05, 4.69) is 45.5 Å². The molecular formula is C16H26ClIN2O2. The number of phenolic OH excluding ortho intramolecular Hbond substituents is 1. The summed E-state index contributed by atoms with van der Waals surface area (Å²) in [5, 5.41) is 10.1. The lowest BCUT2D eigenvalue weighted by Crippen LogP contribution is -2.37. The first-order valence-electron chi connectivity index (χ1n) is 7.53. The molecule has 1 saturated heterocycles. The van der Waals surface area contributed by atoms with Gasteiger partial charge in [-0.3, -0.25) is 4.90 Å². The predicted octanol–water partition coefficient (Wildman–Crippen LogP) is 2.88. The van der Waals surface area contributed by atoms with Crippen molar-refractivity contribution in [1.29, 1.82) is 0 Å². The van der Waals surface area contributed by atoms with Crippen LogP contribution in [0.25, 0.3) is 0 Å². The molecule has 1 heterocycles. The molecule has 126 valence electrons. The quantitative estimate of drug-likeness (QED) is 0.690. The molecule has 6 heteroatoms. The Morgan fingerprint density at radius 2 is 2.00 bits per heavy atom. The van der Waals surface area contributed by atoms with E-state index in [4.69, 9.17) is 4.74 Å². The van der Waals surface area contributed by atoms with E-state index in [-0.39, 0.29) is 12.4 Å². The number of hydrogen-bond acceptors (Lipinski definition) is 4. The third kappa shape index (κ3) is 6.20. The molecule has 1 N–H and O–H groups in total. The van der Waals surface area contributed by atoms with E-state index in [9.17, 15) is 5.11 Å². The zero-order valence-electron chi connectivity index (χ0n) is 13.3. The predicted molar refractivity (Wildman–Crippen MR) is 101 cm³/mol. The summed E-state index contributed by atoms with van der Waals surface area (Å²) in [7, 11) is 2.12. The number of hydrogen-bond donors (Lipinski definition) is 1. The Kier molecular flexibility index (Phi) is 9.01. The number of phenols is 1. The third-order valence-corrected chi connectivity index (χ3v) is 4.53. The van der Waals surface area contributed by atoms with Crippen molar-refractivity contribution in [3.8, 4) is 5.75 Å². The van der Waals surface area contributed by atoms with Crippen LogP contribution >= 0.6 is 35.0 Å². The van der Waals surface area contributed by atoms with Crippen LogP contribution in [-0.4, -0.2) is 61.3 Å². The van der Waals surface area contributed by atoms with Crippen molar-refractivity contribution in [1.82, 2.24) is 9.80 Å². The van der Waals surface area contributed by atoms with Gasteiger partial charge in [0.2, 0.25) is 0 Å². The summed E-state index contributed by atoms with van der Waals surface area (Å²) in [4.78, 5) is 4.75. The Morgan fingerprint density at radius 3 is 2.68 bits per heavy atom. The number of benzene rings is 1. The molecule has 0 saturated carbocycles. The highest BCUT2D eigenvalue weighted by Gasteiger charge is 2.11. The second kappa shape index (κ2) is 9.93. The molecule has 22 heavy (non-hydrogen) atoms. The fraction of sp³-hybridized carbons (Fsp3) is 0.625. The highest BCUT2D eigenvalue weighted by molar-refractivity contribution is 14.1. The van der Waals surface area contributed by atoms with Crippen LogP contribution < -0.4 is 0 Å². The monoisotopic (exact) mass is 440 g/mol. The normalized spacial score (nSPS) is 15.8. The van der Waals surface area contributed by atoms with Gasteiger partial charge in [0.25, 0.3) is 0 Å². The van der Waals surface area contributed by atoms with Crippen molar-refractivity contribution >= 4 is 35.0 Å². The molecule has 0 bridgehead atoms. The fourth-order valence-electron chi connectivity index (χ4n) is 2.68. The number of halogens is 2. The summed E-state index contributed by atoms with van der Waals surface area (Å²) in [6.45, 7) is 8.77. The maximum Gasteiger partial charge on any atom is 0.123 e. The molecule has 4 nitrogen and oxygen atoms in total. The minimum Gasteiger partial charge on any atom is -0.507 e. The third-order valence-electron chi connectivity index (χ3n) is 3.90. The molecule has 0 atom stereocenters. The van der Waals surface area contributed by atoms with E-state index in [0.717, 1.165) is 63.5 Å². The van der Waals surface area contributed by atoms with E-state index in [1.165, 1.54) is 3.57 Å². The van der Waals surface area contributed by atoms with Crippen molar-refractivity contribution in [2.24, 2.45) is 0 Å². The Morgan fingerprint density at radius 1 is 1.32 bits per heavy atom. The number of rotatable bonds is 6. The van der Waals surface area contributed by atoms with E-state index >= 15 is 0 Å². The van der Waals surface area contributed by atoms with Gasteiger partial charge in [-0.05, 0) is 73.8 Å². The zero-order chi connectivity index (χ0) is 15.2. The average Bonchev–Trinajstić information content (AvgIpc) is 2.45. The van der Waals surface area contributed by atoms with Gasteiger partial charge in [-0.25, -0.2) is 0 Å². The van der Waals surface area contributed by atoms with Crippen LogP contribution in [-0.2, 0) is 11.3 Å². The first-order chi connectivity index (χ1) is 10.1. The van der Waals surface area contributed by atoms with Gasteiger partial charge < -0.3 is 14.7 Å². The highest BCUT2D eigenvalue weighted by Crippen LogP contribution is 2.25. The topological polar surface area (TPSA) is 35.9 Å². The molecule has 0 unspecified atom stereocenters. The summed E-state index contributed by atoms with van der Waals surface area (Å²) in [5.41, 5.74) is 1.98. The van der Waals surface area contributed by atoms with Gasteiger partial charge in [-0.15, -0.1) is 12.4 Å². The van der Waals surface area contributed by atoms with Crippen LogP contribution in [0.4, 0.5) is 0 Å². The van der Waals surface area contributed by atoms with Gasteiger partial charge in [0.15, 0.2) is 0 Å². The van der Waals surface area contributed by atoms with Crippen molar-refractivity contribution in [3.63, 3.8) is 0 Å². The Labute approximate surface area is 153 Å². The van der Waals surface area contributed by atoms with Crippen molar-refractivity contribution in [2.75, 3.05) is 46.4 Å². The summed E-state index contributed by atoms with van der Waals surface area (Å²) in [6, 6.07) is 4.08. The number of ether oxygens (including phenoxy) is 1. The van der Waals surface area contributed by atoms with Gasteiger partial charge in [0.1, 0.15) is 5.75 Å². The molecule has 1 aromatic carbocycles. The second-order valence-corrected chi connectivity index (χ2v) is 7.02. The van der Waals surface area contributed by atoms with Gasteiger partial charge in [-0.1, -0.05) is 0 Å². The Balaban J connectivity index is 0.00000242. The molecule has 1 aliphatic heterocycles. The van der Waals surface area contributed by atoms with Crippen LogP contribution in [0, 0.1) is 10.5 Å². The summed E-state index contributed by atoms with van der Waals surface area (Å²) in [5.74, 6) is 0.440. The molecule has 0 spiro atoms. The van der Waals surface area contributed by atoms with Crippen LogP contribution in [0.2, 0.25) is 0 Å². The van der Waals surface area contributed by atoms with Crippen molar-refractivity contribution < 1.29 is 9.84 Å². The molecule has 1 fully saturated rings. The zero-order valence-corrected chi connectivity index (χ0v) is 16.3. The largest absolute Gasteiger partial charge is 0.507 e. The number of aryl methyl sites for hydroxylation is 1. The maximum atomic E-state index is 10.1. The lowest BCUT2D eigenvalue weighted by molar-refractivity contribution is 0.0363. The van der Waals surface area contributed by atoms with E-state index in [1.807, 2.05) is 13.0 Å². The number of nitrogens with zero attached hydrogens (tertiary/aromatic N) is 2. The van der Waals surface area contributed by atoms with E-state index in [0.29, 0.717) is 5.75 Å². The SMILES string of the molecule is Cc1cc(I)cc(CN(C)CCCN2CCOCC2)c1O.Cl. The van der Waals surface area contributed by atoms with Gasteiger partial charge >= 0.3 is 0 Å². The highest BCUT2D eigenvalue weighted by atomic mass is 127. The first kappa shape index (κ1) is 20.0. The summed E-state index contributed by atoms with van der Waals surface area (Å²) >= 11 is 2.30. The second-order valence-electron chi connectivity index (χ2n) is 5.78. The standard InChI is InChI=1S/C16H25IN2O2.ClH/c1-13-10-15(17)11-14(16(13)20)12-18(2)4-3-5-19-6-8-21-9-7-19;/h10-11,20H,3-9,12H2,1-2H3;1H. The molecule has 0 amide bonds. The first-order valence-corrected chi connectivity index (χ1v) is 8.61. The van der Waals surface area contributed by atoms with Crippen LogP contribution in [0.5, 0.6) is 5.75 Å². The van der Waals surface area contributed by atoms with Crippen molar-refractivity contribution in [3.05, 3.63) is 26.8 Å². The molecular weight excluding hydrogens is 415 g/mol. The molecule has 0 radical (unpaired) electrons. The number of aromatic hydroxyl groups is 1. The molecule has 0 aromatic heterocycles. The van der Waals surface area contributed by atoms with Crippen LogP contribution in [0.15, 0.2) is 12.1 Å². The minimum absolute atomic E-state index is 0. The lowest BCUT2D eigenvalue weighted by Gasteiger charge is -2.27. The van der Waals surface area contributed by atoms with Crippen LogP contribution in [0.1, 0.15) is 17.5 Å². The van der Waals surface area contributed by atoms with Gasteiger partial charge in [0.05, 0.1) is 13.2 Å². The van der Waals surface area contributed by atoms with Gasteiger partial charge in [-0.2, -0.15) is 0 Å². The fourth-order valence-corrected chi connectivity index (χ4v) is 3.53. The van der Waals surface area contributed by atoms with E-state index < -0.39 is 0 Å². The van der Waals surface area contributed by atoms with Gasteiger partial charge in [0, 0.05) is 28.8 Å². The van der Waals surface area contributed by atoms with E-state index in [1.54, 1.807) is 0 Å². The molecule has 0 aliphatic carbocycles. The van der Waals surface area contributed by atoms with Crippen LogP contribution in [0.3, 0.4) is 0 Å². The summed E-state index contributed by atoms with van der Waals surface area (Å²) < 4.78 is 6.54. The smallest absolute Gasteiger partial charge is 0.123 e. The average molecular weight is 441 g/mol. The minimum atomic E-state index is 0.